The highest BCUT2D eigenvalue weighted by Gasteiger charge is 2.21. The number of nitrogens with one attached hydrogen (secondary N) is 1. The van der Waals surface area contributed by atoms with E-state index in [1.54, 1.807) is 12.1 Å². The standard InChI is InChI=1S/C14H22FN3O/c1-3-10(4-2)18(8-9-19)12-7-5-6-11(15)13(12)14(16)17/h5-7,10,19H,3-4,8-9H2,1-2H3,(H3,16,17). The van der Waals surface area contributed by atoms with Crippen molar-refractivity contribution in [1.82, 2.24) is 0 Å². The van der Waals surface area contributed by atoms with Crippen molar-refractivity contribution < 1.29 is 9.50 Å². The molecule has 1 aromatic rings. The summed E-state index contributed by atoms with van der Waals surface area (Å²) in [6.07, 6.45) is 1.76. The molecule has 0 bridgehead atoms. The van der Waals surface area contributed by atoms with E-state index in [1.807, 2.05) is 18.7 Å². The molecular weight excluding hydrogens is 245 g/mol. The van der Waals surface area contributed by atoms with Gasteiger partial charge in [-0.2, -0.15) is 0 Å². The molecule has 0 heterocycles. The lowest BCUT2D eigenvalue weighted by Gasteiger charge is -2.33. The number of benzene rings is 1. The van der Waals surface area contributed by atoms with Gasteiger partial charge < -0.3 is 15.7 Å². The molecule has 1 rings (SSSR count). The summed E-state index contributed by atoms with van der Waals surface area (Å²) < 4.78 is 13.9. The van der Waals surface area contributed by atoms with Gasteiger partial charge in [0.1, 0.15) is 11.7 Å². The normalized spacial score (nSPS) is 10.8. The molecule has 106 valence electrons. The predicted molar refractivity (Wildman–Crippen MR) is 76.2 cm³/mol. The van der Waals surface area contributed by atoms with Gasteiger partial charge in [0.2, 0.25) is 0 Å². The number of aliphatic hydroxyl groups is 1. The van der Waals surface area contributed by atoms with Crippen LogP contribution in [0.2, 0.25) is 0 Å². The van der Waals surface area contributed by atoms with Crippen LogP contribution in [0.25, 0.3) is 0 Å². The Balaban J connectivity index is 3.29. The number of nitrogens with zero attached hydrogens (tertiary/aromatic N) is 1. The van der Waals surface area contributed by atoms with E-state index in [2.05, 4.69) is 0 Å². The minimum absolute atomic E-state index is 0.0235. The first-order valence-corrected chi connectivity index (χ1v) is 6.57. The first-order chi connectivity index (χ1) is 9.06. The van der Waals surface area contributed by atoms with E-state index in [-0.39, 0.29) is 24.0 Å². The molecule has 5 heteroatoms. The zero-order valence-corrected chi connectivity index (χ0v) is 11.5. The number of anilines is 1. The lowest BCUT2D eigenvalue weighted by atomic mass is 10.1. The van der Waals surface area contributed by atoms with Crippen LogP contribution >= 0.6 is 0 Å². The predicted octanol–water partition coefficient (Wildman–Crippen LogP) is 2.10. The number of rotatable bonds is 7. The molecule has 0 unspecified atom stereocenters. The summed E-state index contributed by atoms with van der Waals surface area (Å²) >= 11 is 0. The summed E-state index contributed by atoms with van der Waals surface area (Å²) in [5, 5.41) is 16.8. The second-order valence-corrected chi connectivity index (χ2v) is 4.43. The van der Waals surface area contributed by atoms with Gasteiger partial charge in [-0.3, -0.25) is 5.41 Å². The quantitative estimate of drug-likeness (QED) is 0.523. The van der Waals surface area contributed by atoms with Gasteiger partial charge in [-0.25, -0.2) is 4.39 Å². The molecule has 1 aromatic carbocycles. The van der Waals surface area contributed by atoms with E-state index in [1.165, 1.54) is 6.07 Å². The molecular formula is C14H22FN3O. The van der Waals surface area contributed by atoms with Crippen molar-refractivity contribution in [3.05, 3.63) is 29.6 Å². The van der Waals surface area contributed by atoms with Crippen molar-refractivity contribution in [3.63, 3.8) is 0 Å². The number of amidine groups is 1. The van der Waals surface area contributed by atoms with E-state index >= 15 is 0 Å². The number of hydrogen-bond donors (Lipinski definition) is 3. The van der Waals surface area contributed by atoms with Gasteiger partial charge in [-0.1, -0.05) is 19.9 Å². The molecule has 4 nitrogen and oxygen atoms in total. The molecule has 0 aromatic heterocycles. The first kappa shape index (κ1) is 15.4. The minimum Gasteiger partial charge on any atom is -0.395 e. The van der Waals surface area contributed by atoms with Crippen LogP contribution in [-0.4, -0.2) is 30.1 Å². The zero-order valence-electron chi connectivity index (χ0n) is 11.5. The van der Waals surface area contributed by atoms with Gasteiger partial charge in [0, 0.05) is 12.6 Å². The first-order valence-electron chi connectivity index (χ1n) is 6.57. The molecule has 0 spiro atoms. The SMILES string of the molecule is CCC(CC)N(CCO)c1cccc(F)c1C(=N)N. The molecule has 0 aliphatic rings. The van der Waals surface area contributed by atoms with Crippen molar-refractivity contribution in [2.45, 2.75) is 32.7 Å². The average Bonchev–Trinajstić information content (AvgIpc) is 2.38. The summed E-state index contributed by atoms with van der Waals surface area (Å²) in [6, 6.07) is 4.83. The van der Waals surface area contributed by atoms with E-state index in [4.69, 9.17) is 11.1 Å². The van der Waals surface area contributed by atoms with Crippen molar-refractivity contribution >= 4 is 11.5 Å². The lowest BCUT2D eigenvalue weighted by molar-refractivity contribution is 0.296. The van der Waals surface area contributed by atoms with E-state index in [0.717, 1.165) is 12.8 Å². The van der Waals surface area contributed by atoms with Crippen LogP contribution in [0.3, 0.4) is 0 Å². The number of nitrogen functional groups attached to an aromatic ring is 1. The molecule has 0 fully saturated rings. The Morgan fingerprint density at radius 2 is 2.05 bits per heavy atom. The maximum Gasteiger partial charge on any atom is 0.136 e. The lowest BCUT2D eigenvalue weighted by Crippen LogP contribution is -2.38. The third-order valence-electron chi connectivity index (χ3n) is 3.29. The van der Waals surface area contributed by atoms with Gasteiger partial charge in [0.15, 0.2) is 0 Å². The fraction of sp³-hybridized carbons (Fsp3) is 0.500. The second-order valence-electron chi connectivity index (χ2n) is 4.43. The number of nitrogens with two attached hydrogens (primary N) is 1. The Kier molecular flexibility index (Phi) is 5.76. The Hall–Kier alpha value is -1.62. The van der Waals surface area contributed by atoms with Crippen molar-refractivity contribution in [2.24, 2.45) is 5.73 Å². The summed E-state index contributed by atoms with van der Waals surface area (Å²) in [7, 11) is 0. The number of hydrogen-bond acceptors (Lipinski definition) is 3. The minimum atomic E-state index is -0.501. The molecule has 0 aliphatic carbocycles. The largest absolute Gasteiger partial charge is 0.395 e. The average molecular weight is 267 g/mol. The molecule has 0 saturated carbocycles. The van der Waals surface area contributed by atoms with Gasteiger partial charge in [-0.15, -0.1) is 0 Å². The van der Waals surface area contributed by atoms with Crippen LogP contribution in [0.15, 0.2) is 18.2 Å². The highest BCUT2D eigenvalue weighted by molar-refractivity contribution is 6.00. The monoisotopic (exact) mass is 267 g/mol. The summed E-state index contributed by atoms with van der Waals surface area (Å²) in [5.74, 6) is -0.791. The van der Waals surface area contributed by atoms with Gasteiger partial charge in [0.05, 0.1) is 17.9 Å². The smallest absolute Gasteiger partial charge is 0.136 e. The summed E-state index contributed by atoms with van der Waals surface area (Å²) in [5.41, 5.74) is 6.18. The van der Waals surface area contributed by atoms with Crippen molar-refractivity contribution in [3.8, 4) is 0 Å². The van der Waals surface area contributed by atoms with Gasteiger partial charge >= 0.3 is 0 Å². The molecule has 4 N–H and O–H groups in total. The van der Waals surface area contributed by atoms with Crippen LogP contribution in [0, 0.1) is 11.2 Å². The van der Waals surface area contributed by atoms with Crippen molar-refractivity contribution in [2.75, 3.05) is 18.1 Å². The van der Waals surface area contributed by atoms with E-state index in [9.17, 15) is 9.50 Å². The van der Waals surface area contributed by atoms with Gasteiger partial charge in [0.25, 0.3) is 0 Å². The number of aliphatic hydroxyl groups excluding tert-OH is 1. The summed E-state index contributed by atoms with van der Waals surface area (Å²) in [4.78, 5) is 1.93. The second kappa shape index (κ2) is 7.09. The Bertz CT molecular complexity index is 433. The molecule has 0 aliphatic heterocycles. The van der Waals surface area contributed by atoms with Crippen LogP contribution in [0.1, 0.15) is 32.3 Å². The maximum absolute atomic E-state index is 13.9. The van der Waals surface area contributed by atoms with Crippen LogP contribution in [0.5, 0.6) is 0 Å². The maximum atomic E-state index is 13.9. The van der Waals surface area contributed by atoms with Crippen LogP contribution in [-0.2, 0) is 0 Å². The number of halogens is 1. The highest BCUT2D eigenvalue weighted by Crippen LogP contribution is 2.26. The molecule has 0 saturated heterocycles. The van der Waals surface area contributed by atoms with Crippen LogP contribution < -0.4 is 10.6 Å². The third-order valence-corrected chi connectivity index (χ3v) is 3.29. The summed E-state index contributed by atoms with van der Waals surface area (Å²) in [6.45, 7) is 4.47. The zero-order chi connectivity index (χ0) is 14.4. The topological polar surface area (TPSA) is 73.3 Å². The molecule has 0 amide bonds. The Labute approximate surface area is 113 Å². The highest BCUT2D eigenvalue weighted by atomic mass is 19.1. The molecule has 0 radical (unpaired) electrons. The van der Waals surface area contributed by atoms with E-state index < -0.39 is 5.82 Å². The van der Waals surface area contributed by atoms with Crippen LogP contribution in [0.4, 0.5) is 10.1 Å². The fourth-order valence-corrected chi connectivity index (χ4v) is 2.36. The third kappa shape index (κ3) is 3.44. The van der Waals surface area contributed by atoms with Gasteiger partial charge in [-0.05, 0) is 25.0 Å². The molecule has 0 atom stereocenters. The fourth-order valence-electron chi connectivity index (χ4n) is 2.36. The molecule has 19 heavy (non-hydrogen) atoms. The Morgan fingerprint density at radius 3 is 2.53 bits per heavy atom. The van der Waals surface area contributed by atoms with E-state index in [0.29, 0.717) is 12.2 Å². The Morgan fingerprint density at radius 1 is 1.42 bits per heavy atom. The van der Waals surface area contributed by atoms with Crippen molar-refractivity contribution in [1.29, 1.82) is 5.41 Å².